The second-order valence-electron chi connectivity index (χ2n) is 5.76. The normalized spacial score (nSPS) is 17.6. The molecule has 1 aliphatic carbocycles. The molecule has 0 saturated heterocycles. The molecule has 2 rings (SSSR count). The molecule has 2 N–H and O–H groups in total. The van der Waals surface area contributed by atoms with Crippen molar-refractivity contribution in [1.82, 2.24) is 5.32 Å². The van der Waals surface area contributed by atoms with Gasteiger partial charge in [0, 0.05) is 19.7 Å². The highest BCUT2D eigenvalue weighted by Crippen LogP contribution is 2.28. The van der Waals surface area contributed by atoms with Gasteiger partial charge in [-0.1, -0.05) is 30.3 Å². The molecule has 0 bridgehead atoms. The molecule has 0 heterocycles. The fourth-order valence-corrected chi connectivity index (χ4v) is 2.08. The van der Waals surface area contributed by atoms with Gasteiger partial charge >= 0.3 is 0 Å². The average Bonchev–Trinajstić information content (AvgIpc) is 3.33. The van der Waals surface area contributed by atoms with E-state index in [1.807, 2.05) is 37.3 Å². The van der Waals surface area contributed by atoms with Crippen molar-refractivity contribution in [2.75, 3.05) is 32.9 Å². The molecule has 2 atom stereocenters. The Bertz CT molecular complexity index is 381. The second kappa shape index (κ2) is 9.15. The molecule has 0 radical (unpaired) electrons. The summed E-state index contributed by atoms with van der Waals surface area (Å²) >= 11 is 0. The Labute approximate surface area is 127 Å². The first-order valence-electron chi connectivity index (χ1n) is 7.88. The lowest BCUT2D eigenvalue weighted by atomic mass is 10.1. The van der Waals surface area contributed by atoms with Crippen LogP contribution < -0.4 is 5.32 Å². The van der Waals surface area contributed by atoms with Crippen molar-refractivity contribution in [3.63, 3.8) is 0 Å². The van der Waals surface area contributed by atoms with E-state index in [0.29, 0.717) is 19.8 Å². The quantitative estimate of drug-likeness (QED) is 0.614. The van der Waals surface area contributed by atoms with E-state index >= 15 is 0 Å². The van der Waals surface area contributed by atoms with E-state index in [2.05, 4.69) is 5.32 Å². The third-order valence-corrected chi connectivity index (χ3v) is 3.66. The molecule has 2 unspecified atom stereocenters. The van der Waals surface area contributed by atoms with Crippen molar-refractivity contribution in [3.8, 4) is 0 Å². The highest BCUT2D eigenvalue weighted by Gasteiger charge is 2.20. The van der Waals surface area contributed by atoms with Crippen molar-refractivity contribution in [2.24, 2.45) is 5.92 Å². The molecule has 0 aromatic heterocycles. The number of rotatable bonds is 11. The smallest absolute Gasteiger partial charge is 0.0897 e. The maximum Gasteiger partial charge on any atom is 0.0897 e. The SMILES string of the molecule is CC(OCC(O)CNCCOCC1CC1)c1ccccc1. The van der Waals surface area contributed by atoms with Gasteiger partial charge in [-0.3, -0.25) is 0 Å². The molecule has 4 heteroatoms. The number of benzene rings is 1. The molecule has 0 spiro atoms. The fourth-order valence-electron chi connectivity index (χ4n) is 2.08. The van der Waals surface area contributed by atoms with Crippen LogP contribution in [0.5, 0.6) is 0 Å². The minimum atomic E-state index is -0.486. The van der Waals surface area contributed by atoms with Crippen molar-refractivity contribution < 1.29 is 14.6 Å². The monoisotopic (exact) mass is 293 g/mol. The summed E-state index contributed by atoms with van der Waals surface area (Å²) in [6.45, 7) is 5.26. The van der Waals surface area contributed by atoms with Gasteiger partial charge in [-0.15, -0.1) is 0 Å². The zero-order chi connectivity index (χ0) is 14.9. The Morgan fingerprint density at radius 3 is 2.76 bits per heavy atom. The molecule has 0 amide bonds. The fraction of sp³-hybridized carbons (Fsp3) is 0.647. The van der Waals surface area contributed by atoms with Crippen LogP contribution in [0.2, 0.25) is 0 Å². The van der Waals surface area contributed by atoms with E-state index in [4.69, 9.17) is 9.47 Å². The lowest BCUT2D eigenvalue weighted by Gasteiger charge is -2.17. The Hall–Kier alpha value is -0.940. The first kappa shape index (κ1) is 16.4. The summed E-state index contributed by atoms with van der Waals surface area (Å²) in [5.74, 6) is 0.809. The number of hydrogen-bond donors (Lipinski definition) is 2. The minimum Gasteiger partial charge on any atom is -0.389 e. The maximum atomic E-state index is 9.87. The lowest BCUT2D eigenvalue weighted by Crippen LogP contribution is -2.32. The molecule has 0 aliphatic heterocycles. The van der Waals surface area contributed by atoms with Crippen molar-refractivity contribution in [2.45, 2.75) is 32.0 Å². The van der Waals surface area contributed by atoms with Crippen LogP contribution in [0.3, 0.4) is 0 Å². The summed E-state index contributed by atoms with van der Waals surface area (Å²) in [7, 11) is 0. The standard InChI is InChI=1S/C17H27NO3/c1-14(16-5-3-2-4-6-16)21-13-17(19)11-18-9-10-20-12-15-7-8-15/h2-6,14-15,17-19H,7-13H2,1H3. The first-order chi connectivity index (χ1) is 10.3. The van der Waals surface area contributed by atoms with Crippen LogP contribution in [-0.2, 0) is 9.47 Å². The van der Waals surface area contributed by atoms with Gasteiger partial charge in [0.1, 0.15) is 0 Å². The molecule has 1 aliphatic rings. The summed E-state index contributed by atoms with van der Waals surface area (Å²) in [6, 6.07) is 10.0. The molecular formula is C17H27NO3. The number of hydrogen-bond acceptors (Lipinski definition) is 4. The predicted octanol–water partition coefficient (Wildman–Crippen LogP) is 2.14. The summed E-state index contributed by atoms with van der Waals surface area (Å²) in [4.78, 5) is 0. The van der Waals surface area contributed by atoms with E-state index in [9.17, 15) is 5.11 Å². The largest absolute Gasteiger partial charge is 0.389 e. The van der Waals surface area contributed by atoms with Gasteiger partial charge in [0.2, 0.25) is 0 Å². The van der Waals surface area contributed by atoms with Gasteiger partial charge in [-0.05, 0) is 31.2 Å². The lowest BCUT2D eigenvalue weighted by molar-refractivity contribution is -0.00262. The minimum absolute atomic E-state index is 0.00252. The van der Waals surface area contributed by atoms with Gasteiger partial charge in [0.05, 0.1) is 25.4 Å². The predicted molar refractivity (Wildman–Crippen MR) is 83.2 cm³/mol. The van der Waals surface area contributed by atoms with Crippen molar-refractivity contribution in [3.05, 3.63) is 35.9 Å². The van der Waals surface area contributed by atoms with E-state index in [1.54, 1.807) is 0 Å². The van der Waals surface area contributed by atoms with Crippen LogP contribution in [0.25, 0.3) is 0 Å². The van der Waals surface area contributed by atoms with Gasteiger partial charge in [0.15, 0.2) is 0 Å². The van der Waals surface area contributed by atoms with E-state index < -0.39 is 6.10 Å². The zero-order valence-electron chi connectivity index (χ0n) is 12.8. The summed E-state index contributed by atoms with van der Waals surface area (Å²) < 4.78 is 11.2. The summed E-state index contributed by atoms with van der Waals surface area (Å²) in [6.07, 6.45) is 2.16. The summed E-state index contributed by atoms with van der Waals surface area (Å²) in [5, 5.41) is 13.1. The molecule has 1 aromatic rings. The van der Waals surface area contributed by atoms with Gasteiger partial charge in [0.25, 0.3) is 0 Å². The molecule has 1 aromatic carbocycles. The molecule has 1 saturated carbocycles. The zero-order valence-corrected chi connectivity index (χ0v) is 12.8. The Kier molecular flexibility index (Phi) is 7.16. The molecular weight excluding hydrogens is 266 g/mol. The van der Waals surface area contributed by atoms with Crippen LogP contribution in [-0.4, -0.2) is 44.1 Å². The van der Waals surface area contributed by atoms with Crippen molar-refractivity contribution >= 4 is 0 Å². The number of aliphatic hydroxyl groups is 1. The van der Waals surface area contributed by atoms with E-state index in [-0.39, 0.29) is 6.10 Å². The third kappa shape index (κ3) is 7.05. The van der Waals surface area contributed by atoms with Crippen LogP contribution in [0, 0.1) is 5.92 Å². The van der Waals surface area contributed by atoms with Crippen LogP contribution >= 0.6 is 0 Å². The maximum absolute atomic E-state index is 9.87. The topological polar surface area (TPSA) is 50.7 Å². The van der Waals surface area contributed by atoms with E-state index in [1.165, 1.54) is 12.8 Å². The summed E-state index contributed by atoms with van der Waals surface area (Å²) in [5.41, 5.74) is 1.13. The van der Waals surface area contributed by atoms with Crippen molar-refractivity contribution in [1.29, 1.82) is 0 Å². The highest BCUT2D eigenvalue weighted by atomic mass is 16.5. The Morgan fingerprint density at radius 1 is 1.29 bits per heavy atom. The number of ether oxygens (including phenoxy) is 2. The second-order valence-corrected chi connectivity index (χ2v) is 5.76. The van der Waals surface area contributed by atoms with Crippen LogP contribution in [0.1, 0.15) is 31.4 Å². The molecule has 21 heavy (non-hydrogen) atoms. The van der Waals surface area contributed by atoms with E-state index in [0.717, 1.165) is 24.6 Å². The Balaban J connectivity index is 1.47. The first-order valence-corrected chi connectivity index (χ1v) is 7.88. The average molecular weight is 293 g/mol. The number of nitrogens with one attached hydrogen (secondary N) is 1. The third-order valence-electron chi connectivity index (χ3n) is 3.66. The highest BCUT2D eigenvalue weighted by molar-refractivity contribution is 5.16. The van der Waals surface area contributed by atoms with Gasteiger partial charge < -0.3 is 19.9 Å². The number of aliphatic hydroxyl groups excluding tert-OH is 1. The van der Waals surface area contributed by atoms with Gasteiger partial charge in [-0.25, -0.2) is 0 Å². The molecule has 118 valence electrons. The van der Waals surface area contributed by atoms with Crippen LogP contribution in [0.4, 0.5) is 0 Å². The molecule has 4 nitrogen and oxygen atoms in total. The Morgan fingerprint density at radius 2 is 2.05 bits per heavy atom. The molecule has 1 fully saturated rings. The van der Waals surface area contributed by atoms with Crippen LogP contribution in [0.15, 0.2) is 30.3 Å². The van der Waals surface area contributed by atoms with Gasteiger partial charge in [-0.2, -0.15) is 0 Å².